The number of rotatable bonds is 6. The Morgan fingerprint density at radius 3 is 1.73 bits per heavy atom. The van der Waals surface area contributed by atoms with E-state index in [-0.39, 0.29) is 35.9 Å². The zero-order chi connectivity index (χ0) is 16.0. The van der Waals surface area contributed by atoms with Crippen LogP contribution in [0.15, 0.2) is 0 Å². The first-order chi connectivity index (χ1) is 10.4. The van der Waals surface area contributed by atoms with Crippen molar-refractivity contribution in [2.24, 2.45) is 35.5 Å². The van der Waals surface area contributed by atoms with Crippen molar-refractivity contribution in [1.82, 2.24) is 0 Å². The van der Waals surface area contributed by atoms with Crippen LogP contribution in [-0.2, 0) is 19.1 Å². The summed E-state index contributed by atoms with van der Waals surface area (Å²) in [5.41, 5.74) is 0. The van der Waals surface area contributed by atoms with Gasteiger partial charge in [0.15, 0.2) is 0 Å². The summed E-state index contributed by atoms with van der Waals surface area (Å²) in [6.45, 7) is 5.37. The van der Waals surface area contributed by atoms with Crippen LogP contribution < -0.4 is 0 Å². The Kier molecular flexibility index (Phi) is 4.16. The quantitative estimate of drug-likeness (QED) is 0.721. The number of aliphatic carboxylic acids is 2. The van der Waals surface area contributed by atoms with Crippen LogP contribution in [0, 0.1) is 35.5 Å². The van der Waals surface area contributed by atoms with E-state index in [0.29, 0.717) is 13.0 Å². The van der Waals surface area contributed by atoms with Crippen LogP contribution in [0.3, 0.4) is 0 Å². The minimum atomic E-state index is -0.991. The number of carboxylic acid groups (broad SMARTS) is 2. The van der Waals surface area contributed by atoms with Gasteiger partial charge in [-0.3, -0.25) is 9.59 Å². The van der Waals surface area contributed by atoms with Crippen molar-refractivity contribution in [3.05, 3.63) is 0 Å². The summed E-state index contributed by atoms with van der Waals surface area (Å²) < 4.78 is 10.6. The number of ether oxygens (including phenoxy) is 2. The zero-order valence-corrected chi connectivity index (χ0v) is 13.0. The Balaban J connectivity index is 1.88. The molecule has 2 saturated heterocycles. The Morgan fingerprint density at radius 1 is 0.864 bits per heavy atom. The Morgan fingerprint density at radius 2 is 1.32 bits per heavy atom. The van der Waals surface area contributed by atoms with Gasteiger partial charge in [0.25, 0.3) is 0 Å². The molecule has 6 heteroatoms. The van der Waals surface area contributed by atoms with Gasteiger partial charge in [0.2, 0.25) is 0 Å². The zero-order valence-electron chi connectivity index (χ0n) is 13.0. The molecule has 0 radical (unpaired) electrons. The van der Waals surface area contributed by atoms with Gasteiger partial charge in [0.05, 0.1) is 37.3 Å². The molecule has 6 nitrogen and oxygen atoms in total. The molecule has 22 heavy (non-hydrogen) atoms. The number of hydrogen-bond donors (Lipinski definition) is 2. The fourth-order valence-corrected chi connectivity index (χ4v) is 4.50. The lowest BCUT2D eigenvalue weighted by molar-refractivity contribution is -0.167. The van der Waals surface area contributed by atoms with E-state index in [9.17, 15) is 19.8 Å². The van der Waals surface area contributed by atoms with Gasteiger partial charge in [-0.2, -0.15) is 0 Å². The topological polar surface area (TPSA) is 99.7 Å². The van der Waals surface area contributed by atoms with E-state index in [2.05, 4.69) is 6.92 Å². The van der Waals surface area contributed by atoms with Crippen LogP contribution in [0.1, 0.15) is 26.7 Å². The largest absolute Gasteiger partial charge is 0.481 e. The maximum atomic E-state index is 11.8. The first-order valence-corrected chi connectivity index (χ1v) is 8.09. The Hall–Kier alpha value is -1.14. The van der Waals surface area contributed by atoms with Crippen molar-refractivity contribution in [3.8, 4) is 0 Å². The SMILES string of the molecule is CC1C(CC2CO2)C(C)C(C(=O)O)C(C(=O)O)C1CC1CO1. The molecule has 8 atom stereocenters. The van der Waals surface area contributed by atoms with Gasteiger partial charge >= 0.3 is 11.9 Å². The minimum absolute atomic E-state index is 0.106. The predicted octanol–water partition coefficient (Wildman–Crippen LogP) is 1.48. The van der Waals surface area contributed by atoms with Gasteiger partial charge < -0.3 is 19.7 Å². The van der Waals surface area contributed by atoms with Crippen LogP contribution in [0.25, 0.3) is 0 Å². The summed E-state index contributed by atoms with van der Waals surface area (Å²) in [7, 11) is 0. The van der Waals surface area contributed by atoms with Crippen molar-refractivity contribution in [2.45, 2.75) is 38.9 Å². The first kappa shape index (κ1) is 15.7. The molecule has 8 unspecified atom stereocenters. The van der Waals surface area contributed by atoms with E-state index in [4.69, 9.17) is 9.47 Å². The summed E-state index contributed by atoms with van der Waals surface area (Å²) in [6.07, 6.45) is 1.82. The Labute approximate surface area is 129 Å². The van der Waals surface area contributed by atoms with Gasteiger partial charge in [-0.1, -0.05) is 13.8 Å². The molecule has 0 aromatic rings. The van der Waals surface area contributed by atoms with Crippen molar-refractivity contribution in [1.29, 1.82) is 0 Å². The maximum Gasteiger partial charge on any atom is 0.307 e. The average Bonchev–Trinajstić information content (AvgIpc) is 3.31. The Bertz CT molecular complexity index is 456. The molecule has 1 saturated carbocycles. The minimum Gasteiger partial charge on any atom is -0.481 e. The highest BCUT2D eigenvalue weighted by Gasteiger charge is 2.54. The van der Waals surface area contributed by atoms with Gasteiger partial charge in [-0.25, -0.2) is 0 Å². The lowest BCUT2D eigenvalue weighted by Gasteiger charge is -2.47. The normalized spacial score (nSPS) is 47.0. The number of hydrogen-bond acceptors (Lipinski definition) is 4. The summed E-state index contributed by atoms with van der Waals surface area (Å²) in [6, 6.07) is 0. The van der Waals surface area contributed by atoms with Crippen LogP contribution in [0.5, 0.6) is 0 Å². The maximum absolute atomic E-state index is 11.8. The van der Waals surface area contributed by atoms with E-state index in [1.807, 2.05) is 6.92 Å². The highest BCUT2D eigenvalue weighted by Crippen LogP contribution is 2.51. The number of carboxylic acids is 2. The summed E-state index contributed by atoms with van der Waals surface area (Å²) in [5.74, 6) is -3.59. The molecule has 0 aromatic heterocycles. The molecule has 2 heterocycles. The van der Waals surface area contributed by atoms with Crippen molar-refractivity contribution in [3.63, 3.8) is 0 Å². The summed E-state index contributed by atoms with van der Waals surface area (Å²) in [5, 5.41) is 19.3. The molecule has 124 valence electrons. The van der Waals surface area contributed by atoms with E-state index >= 15 is 0 Å². The first-order valence-electron chi connectivity index (χ1n) is 8.09. The van der Waals surface area contributed by atoms with E-state index in [1.54, 1.807) is 0 Å². The standard InChI is InChI=1S/C16H24O6/c1-7-11(3-9-5-21-9)8(2)13(15(17)18)14(16(19)20)12(7)4-10-6-22-10/h7-14H,3-6H2,1-2H3,(H,17,18)(H,19,20). The smallest absolute Gasteiger partial charge is 0.307 e. The third-order valence-electron chi connectivity index (χ3n) is 5.89. The summed E-state index contributed by atoms with van der Waals surface area (Å²) in [4.78, 5) is 23.5. The van der Waals surface area contributed by atoms with Gasteiger partial charge in [0.1, 0.15) is 0 Å². The lowest BCUT2D eigenvalue weighted by Crippen LogP contribution is -2.51. The molecule has 3 aliphatic rings. The van der Waals surface area contributed by atoms with E-state index in [1.165, 1.54) is 0 Å². The molecule has 2 N–H and O–H groups in total. The second kappa shape index (κ2) is 5.81. The average molecular weight is 312 g/mol. The lowest BCUT2D eigenvalue weighted by atomic mass is 9.56. The second-order valence-corrected chi connectivity index (χ2v) is 7.16. The molecule has 3 fully saturated rings. The molecule has 1 aliphatic carbocycles. The molecule has 0 amide bonds. The van der Waals surface area contributed by atoms with Crippen LogP contribution in [-0.4, -0.2) is 47.6 Å². The molecule has 0 spiro atoms. The van der Waals surface area contributed by atoms with E-state index < -0.39 is 23.8 Å². The second-order valence-electron chi connectivity index (χ2n) is 7.16. The molecule has 0 bridgehead atoms. The highest BCUT2D eigenvalue weighted by atomic mass is 16.6. The third kappa shape index (κ3) is 2.99. The van der Waals surface area contributed by atoms with Crippen LogP contribution >= 0.6 is 0 Å². The van der Waals surface area contributed by atoms with Crippen LogP contribution in [0.2, 0.25) is 0 Å². The van der Waals surface area contributed by atoms with Gasteiger partial charge in [-0.05, 0) is 36.5 Å². The van der Waals surface area contributed by atoms with Crippen LogP contribution in [0.4, 0.5) is 0 Å². The van der Waals surface area contributed by atoms with Gasteiger partial charge in [-0.15, -0.1) is 0 Å². The monoisotopic (exact) mass is 312 g/mol. The number of carbonyl (C=O) groups is 2. The molecule has 0 aromatic carbocycles. The van der Waals surface area contributed by atoms with Crippen molar-refractivity contribution in [2.75, 3.05) is 13.2 Å². The highest BCUT2D eigenvalue weighted by molar-refractivity contribution is 5.81. The predicted molar refractivity (Wildman–Crippen MR) is 76.3 cm³/mol. The fourth-order valence-electron chi connectivity index (χ4n) is 4.50. The third-order valence-corrected chi connectivity index (χ3v) is 5.89. The van der Waals surface area contributed by atoms with Gasteiger partial charge in [0, 0.05) is 0 Å². The molecule has 3 rings (SSSR count). The molecular formula is C16H24O6. The molecule has 2 aliphatic heterocycles. The van der Waals surface area contributed by atoms with Crippen molar-refractivity contribution < 1.29 is 29.3 Å². The van der Waals surface area contributed by atoms with E-state index in [0.717, 1.165) is 13.0 Å². The van der Waals surface area contributed by atoms with Crippen molar-refractivity contribution >= 4 is 11.9 Å². The molecular weight excluding hydrogens is 288 g/mol. The fraction of sp³-hybridized carbons (Fsp3) is 0.875. The number of epoxide rings is 2. The summed E-state index contributed by atoms with van der Waals surface area (Å²) >= 11 is 0.